The summed E-state index contributed by atoms with van der Waals surface area (Å²) in [6, 6.07) is 3.61. The van der Waals surface area contributed by atoms with Crippen LogP contribution in [0.1, 0.15) is 50.9 Å². The molecule has 9 heteroatoms. The number of amides is 2. The number of hydrogen-bond donors (Lipinski definition) is 1. The van der Waals surface area contributed by atoms with Crippen LogP contribution in [0, 0.1) is 5.92 Å². The smallest absolute Gasteiger partial charge is 0.410 e. The van der Waals surface area contributed by atoms with E-state index in [0.717, 1.165) is 30.3 Å². The van der Waals surface area contributed by atoms with Crippen LogP contribution in [-0.4, -0.2) is 72.2 Å². The highest BCUT2D eigenvalue weighted by Gasteiger charge is 2.27. The van der Waals surface area contributed by atoms with Crippen molar-refractivity contribution in [3.05, 3.63) is 23.9 Å². The fourth-order valence-corrected chi connectivity index (χ4v) is 3.94. The molecule has 0 saturated carbocycles. The number of fused-ring (bicyclic) bond motifs is 1. The molecule has 182 valence electrons. The first kappa shape index (κ1) is 24.8. The van der Waals surface area contributed by atoms with Crippen molar-refractivity contribution in [2.24, 2.45) is 5.92 Å². The molecule has 0 spiro atoms. The quantitative estimate of drug-likeness (QED) is 0.606. The summed E-state index contributed by atoms with van der Waals surface area (Å²) in [5.74, 6) is 0.765. The molecule has 0 bridgehead atoms. The van der Waals surface area contributed by atoms with E-state index < -0.39 is 5.60 Å². The van der Waals surface area contributed by atoms with E-state index in [4.69, 9.17) is 19.3 Å². The zero-order valence-corrected chi connectivity index (χ0v) is 20.3. The van der Waals surface area contributed by atoms with Crippen molar-refractivity contribution >= 4 is 22.9 Å². The van der Waals surface area contributed by atoms with Gasteiger partial charge in [-0.15, -0.1) is 0 Å². The molecule has 0 aliphatic carbocycles. The van der Waals surface area contributed by atoms with Gasteiger partial charge in [-0.2, -0.15) is 5.10 Å². The Morgan fingerprint density at radius 2 is 1.94 bits per heavy atom. The van der Waals surface area contributed by atoms with E-state index in [0.29, 0.717) is 50.1 Å². The lowest BCUT2D eigenvalue weighted by atomic mass is 9.97. The lowest BCUT2D eigenvalue weighted by Crippen LogP contribution is -2.42. The molecule has 3 rings (SSSR count). The maximum absolute atomic E-state index is 12.6. The van der Waals surface area contributed by atoms with Crippen molar-refractivity contribution in [1.29, 1.82) is 0 Å². The summed E-state index contributed by atoms with van der Waals surface area (Å²) in [4.78, 5) is 26.7. The SMILES string of the molecule is CCOc1c(C(=O)NCCOC)ccc2nn(CC3CCN(C(=O)OC(C)(C)C)CC3)cc12. The summed E-state index contributed by atoms with van der Waals surface area (Å²) in [5.41, 5.74) is 0.796. The fraction of sp³-hybridized carbons (Fsp3) is 0.625. The van der Waals surface area contributed by atoms with E-state index in [9.17, 15) is 9.59 Å². The van der Waals surface area contributed by atoms with Gasteiger partial charge in [0, 0.05) is 39.5 Å². The lowest BCUT2D eigenvalue weighted by molar-refractivity contribution is 0.0177. The first-order valence-corrected chi connectivity index (χ1v) is 11.6. The van der Waals surface area contributed by atoms with Gasteiger partial charge in [-0.25, -0.2) is 4.79 Å². The summed E-state index contributed by atoms with van der Waals surface area (Å²) < 4.78 is 18.3. The number of carbonyl (C=O) groups excluding carboxylic acids is 2. The Balaban J connectivity index is 1.68. The molecule has 0 radical (unpaired) electrons. The van der Waals surface area contributed by atoms with Crippen LogP contribution in [0.3, 0.4) is 0 Å². The molecule has 1 fully saturated rings. The predicted molar refractivity (Wildman–Crippen MR) is 126 cm³/mol. The van der Waals surface area contributed by atoms with E-state index in [1.54, 1.807) is 18.1 Å². The predicted octanol–water partition coefficient (Wildman–Crippen LogP) is 3.46. The van der Waals surface area contributed by atoms with Crippen LogP contribution in [0.5, 0.6) is 5.75 Å². The average Bonchev–Trinajstić information content (AvgIpc) is 3.16. The van der Waals surface area contributed by atoms with Crippen molar-refractivity contribution in [2.75, 3.05) is 40.0 Å². The second-order valence-electron chi connectivity index (χ2n) is 9.32. The first-order valence-electron chi connectivity index (χ1n) is 11.6. The number of aromatic nitrogens is 2. The molecule has 1 saturated heterocycles. The van der Waals surface area contributed by atoms with E-state index >= 15 is 0 Å². The van der Waals surface area contributed by atoms with Crippen molar-refractivity contribution in [2.45, 2.75) is 52.7 Å². The number of carbonyl (C=O) groups is 2. The zero-order valence-electron chi connectivity index (χ0n) is 20.3. The number of piperidine rings is 1. The third-order valence-corrected chi connectivity index (χ3v) is 5.52. The number of nitrogens with one attached hydrogen (secondary N) is 1. The summed E-state index contributed by atoms with van der Waals surface area (Å²) in [7, 11) is 1.60. The molecule has 9 nitrogen and oxygen atoms in total. The van der Waals surface area contributed by atoms with Crippen LogP contribution in [0.4, 0.5) is 4.79 Å². The third kappa shape index (κ3) is 6.60. The standard InChI is InChI=1S/C24H36N4O5/c1-6-32-21-18(22(29)25-11-14-31-5)7-8-20-19(21)16-28(26-20)15-17-9-12-27(13-10-17)23(30)33-24(2,3)4/h7-8,16-17H,6,9-15H2,1-5H3,(H,25,29). The van der Waals surface area contributed by atoms with Gasteiger partial charge in [-0.05, 0) is 58.6 Å². The van der Waals surface area contributed by atoms with Gasteiger partial charge in [0.2, 0.25) is 0 Å². The van der Waals surface area contributed by atoms with E-state index in [1.807, 2.05) is 44.6 Å². The van der Waals surface area contributed by atoms with Crippen LogP contribution in [0.15, 0.2) is 18.3 Å². The molecule has 33 heavy (non-hydrogen) atoms. The Morgan fingerprint density at radius 1 is 1.21 bits per heavy atom. The Bertz CT molecular complexity index is 958. The van der Waals surface area contributed by atoms with Crippen LogP contribution >= 0.6 is 0 Å². The lowest BCUT2D eigenvalue weighted by Gasteiger charge is -2.33. The molecule has 1 aromatic heterocycles. The number of rotatable bonds is 8. The highest BCUT2D eigenvalue weighted by molar-refractivity contribution is 6.03. The van der Waals surface area contributed by atoms with Crippen molar-refractivity contribution in [3.8, 4) is 5.75 Å². The molecule has 2 amide bonds. The zero-order chi connectivity index (χ0) is 24.0. The van der Waals surface area contributed by atoms with Crippen molar-refractivity contribution < 1.29 is 23.8 Å². The Kier molecular flexibility index (Phi) is 8.18. The van der Waals surface area contributed by atoms with Crippen LogP contribution in [0.25, 0.3) is 10.9 Å². The van der Waals surface area contributed by atoms with E-state index in [-0.39, 0.29) is 12.0 Å². The van der Waals surface area contributed by atoms with Gasteiger partial charge >= 0.3 is 6.09 Å². The van der Waals surface area contributed by atoms with Gasteiger partial charge in [0.05, 0.1) is 29.7 Å². The van der Waals surface area contributed by atoms with Crippen LogP contribution in [0.2, 0.25) is 0 Å². The molecule has 2 heterocycles. The molecule has 1 aliphatic heterocycles. The second-order valence-corrected chi connectivity index (χ2v) is 9.32. The summed E-state index contributed by atoms with van der Waals surface area (Å²) in [6.45, 7) is 11.0. The number of hydrogen-bond acceptors (Lipinski definition) is 6. The topological polar surface area (TPSA) is 94.9 Å². The van der Waals surface area contributed by atoms with Gasteiger partial charge < -0.3 is 24.4 Å². The highest BCUT2D eigenvalue weighted by Crippen LogP contribution is 2.30. The minimum Gasteiger partial charge on any atom is -0.492 e. The van der Waals surface area contributed by atoms with Gasteiger partial charge in [-0.3, -0.25) is 9.48 Å². The maximum Gasteiger partial charge on any atom is 0.410 e. The van der Waals surface area contributed by atoms with E-state index in [1.165, 1.54) is 0 Å². The molecule has 1 aliphatic rings. The number of benzene rings is 1. The fourth-order valence-electron chi connectivity index (χ4n) is 3.94. The van der Waals surface area contributed by atoms with Crippen LogP contribution < -0.4 is 10.1 Å². The summed E-state index contributed by atoms with van der Waals surface area (Å²) >= 11 is 0. The number of nitrogens with zero attached hydrogens (tertiary/aromatic N) is 3. The molecule has 0 unspecified atom stereocenters. The maximum atomic E-state index is 12.6. The Labute approximate surface area is 195 Å². The number of likely N-dealkylation sites (tertiary alicyclic amines) is 1. The molecular formula is C24H36N4O5. The van der Waals surface area contributed by atoms with Gasteiger partial charge in [-0.1, -0.05) is 0 Å². The largest absolute Gasteiger partial charge is 0.492 e. The minimum absolute atomic E-state index is 0.195. The summed E-state index contributed by atoms with van der Waals surface area (Å²) in [6.07, 6.45) is 3.48. The second kappa shape index (κ2) is 10.9. The molecule has 1 aromatic carbocycles. The van der Waals surface area contributed by atoms with Crippen molar-refractivity contribution in [1.82, 2.24) is 20.0 Å². The van der Waals surface area contributed by atoms with Crippen molar-refractivity contribution in [3.63, 3.8) is 0 Å². The molecule has 2 aromatic rings. The van der Waals surface area contributed by atoms with Gasteiger partial charge in [0.25, 0.3) is 5.91 Å². The average molecular weight is 461 g/mol. The monoisotopic (exact) mass is 460 g/mol. The highest BCUT2D eigenvalue weighted by atomic mass is 16.6. The third-order valence-electron chi connectivity index (χ3n) is 5.52. The number of methoxy groups -OCH3 is 1. The normalized spacial score (nSPS) is 15.0. The minimum atomic E-state index is -0.485. The number of ether oxygens (including phenoxy) is 3. The first-order chi connectivity index (χ1) is 15.7. The van der Waals surface area contributed by atoms with Gasteiger partial charge in [0.15, 0.2) is 0 Å². The Hall–Kier alpha value is -2.81. The Morgan fingerprint density at radius 3 is 2.58 bits per heavy atom. The molecule has 0 atom stereocenters. The van der Waals surface area contributed by atoms with Gasteiger partial charge in [0.1, 0.15) is 11.4 Å². The molecule has 1 N–H and O–H groups in total. The molecular weight excluding hydrogens is 424 g/mol. The summed E-state index contributed by atoms with van der Waals surface area (Å²) in [5, 5.41) is 8.38. The van der Waals surface area contributed by atoms with Crippen LogP contribution in [-0.2, 0) is 16.0 Å². The van der Waals surface area contributed by atoms with E-state index in [2.05, 4.69) is 5.32 Å².